The molecule has 0 atom stereocenters. The van der Waals surface area contributed by atoms with Gasteiger partial charge in [0.2, 0.25) is 0 Å². The predicted octanol–water partition coefficient (Wildman–Crippen LogP) is 4.17. The monoisotopic (exact) mass is 493 g/mol. The van der Waals surface area contributed by atoms with Gasteiger partial charge in [0, 0.05) is 32.2 Å². The van der Waals surface area contributed by atoms with E-state index in [0.29, 0.717) is 29.3 Å². The van der Waals surface area contributed by atoms with Crippen LogP contribution in [0.4, 0.5) is 5.13 Å². The molecule has 1 fully saturated rings. The van der Waals surface area contributed by atoms with E-state index in [4.69, 9.17) is 18.9 Å². The molecule has 4 aromatic rings. The zero-order chi connectivity index (χ0) is 24.2. The molecule has 5 rings (SSSR count). The molecule has 35 heavy (non-hydrogen) atoms. The Hall–Kier alpha value is -3.27. The molecule has 0 radical (unpaired) electrons. The number of rotatable bonds is 8. The van der Waals surface area contributed by atoms with Crippen molar-refractivity contribution in [2.45, 2.75) is 13.3 Å². The van der Waals surface area contributed by atoms with Gasteiger partial charge in [-0.2, -0.15) is 0 Å². The van der Waals surface area contributed by atoms with Gasteiger partial charge in [0.05, 0.1) is 35.4 Å². The van der Waals surface area contributed by atoms with Crippen molar-refractivity contribution in [3.05, 3.63) is 64.5 Å². The average Bonchev–Trinajstić information content (AvgIpc) is 3.30. The highest BCUT2D eigenvalue weighted by Gasteiger charge is 2.25. The summed E-state index contributed by atoms with van der Waals surface area (Å²) >= 11 is 1.42. The zero-order valence-corrected chi connectivity index (χ0v) is 20.4. The van der Waals surface area contributed by atoms with Gasteiger partial charge in [-0.1, -0.05) is 23.5 Å². The van der Waals surface area contributed by atoms with Crippen molar-refractivity contribution < 1.29 is 18.7 Å². The highest BCUT2D eigenvalue weighted by Crippen LogP contribution is 2.32. The van der Waals surface area contributed by atoms with E-state index in [1.54, 1.807) is 29.2 Å². The summed E-state index contributed by atoms with van der Waals surface area (Å²) in [5.41, 5.74) is 0.941. The molecule has 0 unspecified atom stereocenters. The number of anilines is 1. The van der Waals surface area contributed by atoms with E-state index >= 15 is 0 Å². The highest BCUT2D eigenvalue weighted by molar-refractivity contribution is 7.22. The lowest BCUT2D eigenvalue weighted by Gasteiger charge is -2.27. The average molecular weight is 494 g/mol. The minimum atomic E-state index is -0.376. The minimum absolute atomic E-state index is 0.00864. The van der Waals surface area contributed by atoms with Crippen LogP contribution in [0.5, 0.6) is 5.75 Å². The summed E-state index contributed by atoms with van der Waals surface area (Å²) in [6.45, 7) is 7.03. The van der Waals surface area contributed by atoms with Crippen molar-refractivity contribution in [3.63, 3.8) is 0 Å². The molecule has 9 heteroatoms. The fourth-order valence-corrected chi connectivity index (χ4v) is 5.19. The van der Waals surface area contributed by atoms with Crippen LogP contribution in [0.25, 0.3) is 21.2 Å². The van der Waals surface area contributed by atoms with Gasteiger partial charge in [0.1, 0.15) is 11.3 Å². The third-order valence-corrected chi connectivity index (χ3v) is 6.98. The molecule has 1 aliphatic heterocycles. The summed E-state index contributed by atoms with van der Waals surface area (Å²) in [5, 5.41) is 1.02. The molecule has 1 saturated heterocycles. The van der Waals surface area contributed by atoms with Gasteiger partial charge in [-0.05, 0) is 43.7 Å². The van der Waals surface area contributed by atoms with Crippen LogP contribution < -0.4 is 15.1 Å². The number of aromatic nitrogens is 1. The molecule has 0 saturated carbocycles. The summed E-state index contributed by atoms with van der Waals surface area (Å²) in [5.74, 6) is 0.397. The van der Waals surface area contributed by atoms with Crippen LogP contribution in [-0.4, -0.2) is 61.8 Å². The maximum Gasteiger partial charge on any atom is 0.295 e. The number of benzene rings is 2. The van der Waals surface area contributed by atoms with Crippen LogP contribution in [0, 0.1) is 0 Å². The molecule has 3 heterocycles. The van der Waals surface area contributed by atoms with Crippen molar-refractivity contribution in [1.82, 2.24) is 9.88 Å². The molecular weight excluding hydrogens is 466 g/mol. The number of hydrogen-bond acceptors (Lipinski definition) is 8. The largest absolute Gasteiger partial charge is 0.494 e. The minimum Gasteiger partial charge on any atom is -0.494 e. The smallest absolute Gasteiger partial charge is 0.295 e. The second-order valence-electron chi connectivity index (χ2n) is 8.29. The first kappa shape index (κ1) is 23.5. The third-order valence-electron chi connectivity index (χ3n) is 5.94. The Kier molecular flexibility index (Phi) is 7.08. The number of ether oxygens (including phenoxy) is 2. The Morgan fingerprint density at radius 3 is 2.83 bits per heavy atom. The van der Waals surface area contributed by atoms with Gasteiger partial charge in [0.15, 0.2) is 16.3 Å². The van der Waals surface area contributed by atoms with Gasteiger partial charge in [-0.3, -0.25) is 19.4 Å². The van der Waals surface area contributed by atoms with Gasteiger partial charge in [-0.25, -0.2) is 4.98 Å². The third kappa shape index (κ3) is 5.22. The van der Waals surface area contributed by atoms with Gasteiger partial charge >= 0.3 is 0 Å². The topological polar surface area (TPSA) is 85.1 Å². The second-order valence-corrected chi connectivity index (χ2v) is 9.30. The first-order chi connectivity index (χ1) is 17.1. The van der Waals surface area contributed by atoms with Crippen LogP contribution in [0.2, 0.25) is 0 Å². The van der Waals surface area contributed by atoms with Crippen molar-refractivity contribution in [1.29, 1.82) is 0 Å². The molecule has 0 N–H and O–H groups in total. The summed E-state index contributed by atoms with van der Waals surface area (Å²) in [6.07, 6.45) is 0.754. The first-order valence-electron chi connectivity index (χ1n) is 11.8. The molecule has 182 valence electrons. The first-order valence-corrected chi connectivity index (χ1v) is 12.6. The van der Waals surface area contributed by atoms with Crippen LogP contribution in [0.1, 0.15) is 23.9 Å². The van der Waals surface area contributed by atoms with Gasteiger partial charge in [-0.15, -0.1) is 0 Å². The number of hydrogen-bond donors (Lipinski definition) is 0. The molecule has 1 amide bonds. The summed E-state index contributed by atoms with van der Waals surface area (Å²) in [7, 11) is 0. The molecule has 2 aromatic heterocycles. The van der Waals surface area contributed by atoms with Gasteiger partial charge < -0.3 is 13.9 Å². The second kappa shape index (κ2) is 10.6. The van der Waals surface area contributed by atoms with Crippen molar-refractivity contribution in [2.24, 2.45) is 0 Å². The van der Waals surface area contributed by atoms with Gasteiger partial charge in [0.25, 0.3) is 5.91 Å². The predicted molar refractivity (Wildman–Crippen MR) is 137 cm³/mol. The normalized spacial score (nSPS) is 14.4. The van der Waals surface area contributed by atoms with Crippen LogP contribution in [0.15, 0.2) is 57.7 Å². The van der Waals surface area contributed by atoms with Crippen LogP contribution in [-0.2, 0) is 4.74 Å². The van der Waals surface area contributed by atoms with E-state index in [9.17, 15) is 9.59 Å². The van der Waals surface area contributed by atoms with E-state index < -0.39 is 0 Å². The molecule has 1 aliphatic rings. The van der Waals surface area contributed by atoms with Crippen molar-refractivity contribution in [3.8, 4) is 5.75 Å². The Bertz CT molecular complexity index is 1390. The molecule has 8 nitrogen and oxygen atoms in total. The van der Waals surface area contributed by atoms with E-state index in [1.807, 2.05) is 25.1 Å². The maximum absolute atomic E-state index is 13.7. The Morgan fingerprint density at radius 1 is 1.17 bits per heavy atom. The lowest BCUT2D eigenvalue weighted by Crippen LogP contribution is -2.39. The Morgan fingerprint density at radius 2 is 2.00 bits per heavy atom. The molecule has 2 aromatic carbocycles. The molecule has 0 bridgehead atoms. The number of thiazole rings is 1. The number of nitrogens with zero attached hydrogens (tertiary/aromatic N) is 3. The lowest BCUT2D eigenvalue weighted by atomic mass is 10.2. The molecular formula is C26H27N3O5S. The quantitative estimate of drug-likeness (QED) is 0.364. The fraction of sp³-hybridized carbons (Fsp3) is 0.346. The number of carbonyl (C=O) groups is 1. The van der Waals surface area contributed by atoms with E-state index in [2.05, 4.69) is 4.90 Å². The number of para-hydroxylation sites is 1. The maximum atomic E-state index is 13.7. The molecule has 0 spiro atoms. The lowest BCUT2D eigenvalue weighted by molar-refractivity contribution is 0.0376. The van der Waals surface area contributed by atoms with Crippen molar-refractivity contribution >= 4 is 43.6 Å². The summed E-state index contributed by atoms with van der Waals surface area (Å²) < 4.78 is 17.8. The Labute approximate surface area is 206 Å². The van der Waals surface area contributed by atoms with Crippen LogP contribution >= 0.6 is 11.3 Å². The van der Waals surface area contributed by atoms with E-state index in [1.165, 1.54) is 17.4 Å². The molecule has 0 aliphatic carbocycles. The number of fused-ring (bicyclic) bond motifs is 2. The van der Waals surface area contributed by atoms with E-state index in [-0.39, 0.29) is 17.1 Å². The number of morpholine rings is 1. The van der Waals surface area contributed by atoms with Crippen molar-refractivity contribution in [2.75, 3.05) is 50.9 Å². The van der Waals surface area contributed by atoms with Crippen LogP contribution in [0.3, 0.4) is 0 Å². The zero-order valence-electron chi connectivity index (χ0n) is 19.6. The fourth-order valence-electron chi connectivity index (χ4n) is 4.17. The van der Waals surface area contributed by atoms with E-state index in [0.717, 1.165) is 55.2 Å². The SMILES string of the molecule is CCOc1ccc2nc(N(CCCN3CCOCC3)C(=O)c3cc(=O)c4ccccc4o3)sc2c1. The summed E-state index contributed by atoms with van der Waals surface area (Å²) in [4.78, 5) is 35.0. The Balaban J connectivity index is 1.46. The highest BCUT2D eigenvalue weighted by atomic mass is 32.1. The number of carbonyl (C=O) groups excluding carboxylic acids is 1. The summed E-state index contributed by atoms with van der Waals surface area (Å²) in [6, 6.07) is 13.9. The standard InChI is InChI=1S/C26H27N3O5S/c1-2-33-18-8-9-20-24(16-18)35-26(27-20)29(11-5-10-28-12-14-32-15-13-28)25(31)23-17-21(30)19-6-3-4-7-22(19)34-23/h3-4,6-9,16-17H,2,5,10-15H2,1H3. The number of amides is 1.